The molecule has 0 aromatic rings. The number of ether oxygens (including phenoxy) is 1. The summed E-state index contributed by atoms with van der Waals surface area (Å²) in [6, 6.07) is 0. The molecule has 0 atom stereocenters. The Morgan fingerprint density at radius 1 is 1.36 bits per heavy atom. The van der Waals surface area contributed by atoms with Crippen LogP contribution < -0.4 is 5.43 Å². The number of hydrogen-bond donors (Lipinski definition) is 1. The van der Waals surface area contributed by atoms with Crippen molar-refractivity contribution < 1.29 is 14.1 Å². The number of rotatable bonds is 2. The third-order valence-corrected chi connectivity index (χ3v) is 3.14. The van der Waals surface area contributed by atoms with Gasteiger partial charge in [0, 0.05) is 0 Å². The Labute approximate surface area is 84.2 Å². The molecule has 5 heteroatoms. The standard InChI is InChI=1S/C9H17N3O2/c1-2-14-9(13)10-12-6-3-11(4-7-12)5-8-12/h2-8H2,1H3/p+1. The minimum atomic E-state index is -0.275. The lowest BCUT2D eigenvalue weighted by Gasteiger charge is -2.48. The molecular formula is C9H18N3O2+. The summed E-state index contributed by atoms with van der Waals surface area (Å²) in [5.41, 5.74) is 2.97. The zero-order valence-electron chi connectivity index (χ0n) is 8.66. The topological polar surface area (TPSA) is 41.6 Å². The Hall–Kier alpha value is -0.810. The number of nitrogens with one attached hydrogen (secondary N) is 1. The number of quaternary nitrogens is 1. The molecule has 3 fully saturated rings. The van der Waals surface area contributed by atoms with E-state index in [0.717, 1.165) is 43.9 Å². The normalized spacial score (nSPS) is 35.4. The molecular weight excluding hydrogens is 182 g/mol. The first-order valence-corrected chi connectivity index (χ1v) is 5.28. The fourth-order valence-corrected chi connectivity index (χ4v) is 2.19. The number of carbonyl (C=O) groups is 1. The zero-order chi connectivity index (χ0) is 10.0. The maximum Gasteiger partial charge on any atom is 0.451 e. The summed E-state index contributed by atoms with van der Waals surface area (Å²) in [4.78, 5) is 13.8. The first-order valence-electron chi connectivity index (χ1n) is 5.28. The van der Waals surface area contributed by atoms with Crippen LogP contribution in [-0.4, -0.2) is 61.5 Å². The van der Waals surface area contributed by atoms with Gasteiger partial charge in [0.1, 0.15) is 19.6 Å². The number of carbonyl (C=O) groups excluding carboxylic acids is 1. The maximum atomic E-state index is 11.3. The summed E-state index contributed by atoms with van der Waals surface area (Å²) in [7, 11) is 0. The molecule has 1 N–H and O–H groups in total. The highest BCUT2D eigenvalue weighted by Crippen LogP contribution is 2.16. The van der Waals surface area contributed by atoms with E-state index in [1.165, 1.54) is 0 Å². The summed E-state index contributed by atoms with van der Waals surface area (Å²) >= 11 is 0. The summed E-state index contributed by atoms with van der Waals surface area (Å²) < 4.78 is 5.63. The van der Waals surface area contributed by atoms with Crippen molar-refractivity contribution in [1.82, 2.24) is 10.3 Å². The molecule has 0 saturated carbocycles. The predicted molar refractivity (Wildman–Crippen MR) is 51.5 cm³/mol. The van der Waals surface area contributed by atoms with Crippen molar-refractivity contribution in [2.45, 2.75) is 6.92 Å². The van der Waals surface area contributed by atoms with E-state index in [2.05, 4.69) is 10.3 Å². The smallest absolute Gasteiger partial charge is 0.447 e. The highest BCUT2D eigenvalue weighted by molar-refractivity contribution is 5.65. The quantitative estimate of drug-likeness (QED) is 0.627. The molecule has 3 heterocycles. The van der Waals surface area contributed by atoms with Gasteiger partial charge in [-0.25, -0.2) is 9.39 Å². The Balaban J connectivity index is 1.91. The molecule has 3 aliphatic rings. The van der Waals surface area contributed by atoms with Crippen molar-refractivity contribution in [3.05, 3.63) is 0 Å². The number of fused-ring (bicyclic) bond motifs is 3. The Kier molecular flexibility index (Phi) is 2.60. The molecule has 0 unspecified atom stereocenters. The van der Waals surface area contributed by atoms with Crippen LogP contribution in [0.2, 0.25) is 0 Å². The summed E-state index contributed by atoms with van der Waals surface area (Å²) in [6.45, 7) is 8.58. The molecule has 0 aromatic heterocycles. The van der Waals surface area contributed by atoms with Gasteiger partial charge < -0.3 is 4.74 Å². The van der Waals surface area contributed by atoms with Crippen LogP contribution in [0.25, 0.3) is 0 Å². The zero-order valence-corrected chi connectivity index (χ0v) is 8.66. The van der Waals surface area contributed by atoms with Gasteiger partial charge in [0.2, 0.25) is 0 Å². The van der Waals surface area contributed by atoms with Gasteiger partial charge in [-0.3, -0.25) is 4.90 Å². The summed E-state index contributed by atoms with van der Waals surface area (Å²) in [6.07, 6.45) is -0.275. The fourth-order valence-electron chi connectivity index (χ4n) is 2.19. The third-order valence-electron chi connectivity index (χ3n) is 3.14. The molecule has 0 aromatic carbocycles. The molecule has 1 amide bonds. The van der Waals surface area contributed by atoms with Crippen molar-refractivity contribution in [2.24, 2.45) is 0 Å². The molecule has 5 nitrogen and oxygen atoms in total. The highest BCUT2D eigenvalue weighted by atomic mass is 16.6. The van der Waals surface area contributed by atoms with Crippen molar-refractivity contribution in [3.8, 4) is 0 Å². The van der Waals surface area contributed by atoms with Gasteiger partial charge in [-0.1, -0.05) is 0 Å². The van der Waals surface area contributed by atoms with E-state index in [1.54, 1.807) is 0 Å². The molecule has 80 valence electrons. The van der Waals surface area contributed by atoms with E-state index in [4.69, 9.17) is 4.74 Å². The minimum Gasteiger partial charge on any atom is -0.447 e. The minimum absolute atomic E-state index is 0.275. The Morgan fingerprint density at radius 3 is 2.43 bits per heavy atom. The maximum absolute atomic E-state index is 11.3. The number of nitrogens with zero attached hydrogens (tertiary/aromatic N) is 2. The highest BCUT2D eigenvalue weighted by Gasteiger charge is 2.40. The first kappa shape index (κ1) is 9.73. The van der Waals surface area contributed by atoms with Gasteiger partial charge in [0.25, 0.3) is 0 Å². The van der Waals surface area contributed by atoms with Crippen LogP contribution in [-0.2, 0) is 4.74 Å². The van der Waals surface area contributed by atoms with Gasteiger partial charge in [0.15, 0.2) is 0 Å². The van der Waals surface area contributed by atoms with Crippen molar-refractivity contribution in [1.29, 1.82) is 0 Å². The second-order valence-corrected chi connectivity index (χ2v) is 3.99. The number of amides is 1. The average Bonchev–Trinajstić information content (AvgIpc) is 2.20. The molecule has 3 aliphatic heterocycles. The van der Waals surface area contributed by atoms with Gasteiger partial charge in [0.05, 0.1) is 26.2 Å². The Morgan fingerprint density at radius 2 is 1.93 bits per heavy atom. The SMILES string of the molecule is CCOC(=O)N[N+]12CCN(CC1)CC2. The van der Waals surface area contributed by atoms with Crippen LogP contribution >= 0.6 is 0 Å². The molecule has 2 bridgehead atoms. The van der Waals surface area contributed by atoms with Gasteiger partial charge in [-0.15, -0.1) is 0 Å². The lowest BCUT2D eigenvalue weighted by atomic mass is 10.2. The predicted octanol–water partition coefficient (Wildman–Crippen LogP) is -0.206. The van der Waals surface area contributed by atoms with Gasteiger partial charge in [-0.05, 0) is 6.92 Å². The van der Waals surface area contributed by atoms with Crippen LogP contribution in [0.1, 0.15) is 6.92 Å². The van der Waals surface area contributed by atoms with Crippen LogP contribution in [0.4, 0.5) is 4.79 Å². The number of hydrogen-bond acceptors (Lipinski definition) is 3. The second-order valence-electron chi connectivity index (χ2n) is 3.99. The summed E-state index contributed by atoms with van der Waals surface area (Å²) in [5, 5.41) is 0. The van der Waals surface area contributed by atoms with Gasteiger partial charge >= 0.3 is 6.09 Å². The molecule has 14 heavy (non-hydrogen) atoms. The monoisotopic (exact) mass is 200 g/mol. The molecule has 0 aliphatic carbocycles. The van der Waals surface area contributed by atoms with Crippen molar-refractivity contribution in [3.63, 3.8) is 0 Å². The van der Waals surface area contributed by atoms with Crippen LogP contribution in [0, 0.1) is 0 Å². The van der Waals surface area contributed by atoms with Crippen LogP contribution in [0.5, 0.6) is 0 Å². The fraction of sp³-hybridized carbons (Fsp3) is 0.889. The van der Waals surface area contributed by atoms with Crippen LogP contribution in [0.15, 0.2) is 0 Å². The van der Waals surface area contributed by atoms with Gasteiger partial charge in [-0.2, -0.15) is 5.43 Å². The second kappa shape index (κ2) is 3.74. The first-order chi connectivity index (χ1) is 6.74. The van der Waals surface area contributed by atoms with E-state index in [0.29, 0.717) is 6.61 Å². The summed E-state index contributed by atoms with van der Waals surface area (Å²) in [5.74, 6) is 0. The largest absolute Gasteiger partial charge is 0.451 e. The van der Waals surface area contributed by atoms with Crippen molar-refractivity contribution in [2.75, 3.05) is 45.9 Å². The third kappa shape index (κ3) is 1.83. The molecule has 3 rings (SSSR count). The molecule has 0 radical (unpaired) electrons. The Bertz CT molecular complexity index is 210. The van der Waals surface area contributed by atoms with E-state index in [-0.39, 0.29) is 6.09 Å². The lowest BCUT2D eigenvalue weighted by molar-refractivity contribution is -0.973. The lowest BCUT2D eigenvalue weighted by Crippen LogP contribution is -2.73. The van der Waals surface area contributed by atoms with Crippen molar-refractivity contribution >= 4 is 6.09 Å². The van der Waals surface area contributed by atoms with E-state index in [1.807, 2.05) is 6.92 Å². The van der Waals surface area contributed by atoms with E-state index >= 15 is 0 Å². The van der Waals surface area contributed by atoms with Crippen LogP contribution in [0.3, 0.4) is 0 Å². The molecule has 0 spiro atoms. The van der Waals surface area contributed by atoms with E-state index < -0.39 is 0 Å². The number of piperazine rings is 3. The van der Waals surface area contributed by atoms with E-state index in [9.17, 15) is 4.79 Å². The average molecular weight is 200 g/mol. The molecule has 3 saturated heterocycles.